The Balaban J connectivity index is 2.30. The van der Waals surface area contributed by atoms with E-state index in [4.69, 9.17) is 11.6 Å². The van der Waals surface area contributed by atoms with Gasteiger partial charge in [0, 0.05) is 19.1 Å². The summed E-state index contributed by atoms with van der Waals surface area (Å²) in [5.41, 5.74) is 0.824. The van der Waals surface area contributed by atoms with Gasteiger partial charge in [-0.25, -0.2) is 8.42 Å². The lowest BCUT2D eigenvalue weighted by Crippen LogP contribution is -2.40. The molecule has 1 N–H and O–H groups in total. The van der Waals surface area contributed by atoms with Crippen LogP contribution in [-0.2, 0) is 10.0 Å². The molecule has 0 bridgehead atoms. The molecule has 1 saturated heterocycles. The van der Waals surface area contributed by atoms with Crippen molar-refractivity contribution in [2.24, 2.45) is 0 Å². The SMILES string of the molecule is CNCC1CCCN1S(=O)(=O)c1cc(C)c(Cl)s1. The molecular weight excluding hydrogens is 292 g/mol. The lowest BCUT2D eigenvalue weighted by atomic mass is 10.2. The first-order valence-electron chi connectivity index (χ1n) is 5.89. The average molecular weight is 309 g/mol. The molecule has 1 atom stereocenters. The van der Waals surface area contributed by atoms with Crippen molar-refractivity contribution in [3.05, 3.63) is 16.0 Å². The van der Waals surface area contributed by atoms with Crippen molar-refractivity contribution in [1.82, 2.24) is 9.62 Å². The van der Waals surface area contributed by atoms with Gasteiger partial charge in [-0.1, -0.05) is 11.6 Å². The molecule has 1 aliphatic rings. The minimum Gasteiger partial charge on any atom is -0.318 e. The molecule has 2 heterocycles. The van der Waals surface area contributed by atoms with Crippen molar-refractivity contribution in [2.75, 3.05) is 20.1 Å². The maximum atomic E-state index is 12.5. The van der Waals surface area contributed by atoms with Crippen molar-refractivity contribution in [1.29, 1.82) is 0 Å². The van der Waals surface area contributed by atoms with Crippen LogP contribution in [-0.4, -0.2) is 38.9 Å². The van der Waals surface area contributed by atoms with Gasteiger partial charge in [0.2, 0.25) is 0 Å². The van der Waals surface area contributed by atoms with E-state index in [1.54, 1.807) is 10.4 Å². The van der Waals surface area contributed by atoms with Crippen molar-refractivity contribution in [3.8, 4) is 0 Å². The second kappa shape index (κ2) is 5.46. The Hall–Kier alpha value is -0.140. The first kappa shape index (κ1) is 14.3. The number of rotatable bonds is 4. The fraction of sp³-hybridized carbons (Fsp3) is 0.636. The largest absolute Gasteiger partial charge is 0.318 e. The molecule has 1 fully saturated rings. The molecule has 0 spiro atoms. The molecule has 18 heavy (non-hydrogen) atoms. The summed E-state index contributed by atoms with van der Waals surface area (Å²) in [5.74, 6) is 0. The molecule has 2 rings (SSSR count). The van der Waals surface area contributed by atoms with E-state index in [1.807, 2.05) is 14.0 Å². The molecule has 1 aromatic heterocycles. The molecule has 102 valence electrons. The van der Waals surface area contributed by atoms with E-state index in [0.29, 0.717) is 21.6 Å². The fourth-order valence-corrected chi connectivity index (χ4v) is 5.77. The summed E-state index contributed by atoms with van der Waals surface area (Å²) in [7, 11) is -1.54. The Morgan fingerprint density at radius 1 is 1.61 bits per heavy atom. The Morgan fingerprint density at radius 3 is 2.89 bits per heavy atom. The summed E-state index contributed by atoms with van der Waals surface area (Å²) in [6.45, 7) is 3.12. The van der Waals surface area contributed by atoms with Gasteiger partial charge in [0.15, 0.2) is 0 Å². The Bertz CT molecular complexity index is 508. The van der Waals surface area contributed by atoms with Gasteiger partial charge in [0.1, 0.15) is 4.21 Å². The summed E-state index contributed by atoms with van der Waals surface area (Å²) < 4.78 is 27.6. The van der Waals surface area contributed by atoms with Crippen LogP contribution in [0.3, 0.4) is 0 Å². The molecule has 7 heteroatoms. The second-order valence-corrected chi connectivity index (χ2v) is 8.26. The van der Waals surface area contributed by atoms with Crippen LogP contribution in [0, 0.1) is 6.92 Å². The van der Waals surface area contributed by atoms with Crippen molar-refractivity contribution >= 4 is 33.0 Å². The van der Waals surface area contributed by atoms with Gasteiger partial charge in [0.25, 0.3) is 10.0 Å². The number of likely N-dealkylation sites (N-methyl/N-ethyl adjacent to an activating group) is 1. The summed E-state index contributed by atoms with van der Waals surface area (Å²) in [6.07, 6.45) is 1.84. The molecule has 4 nitrogen and oxygen atoms in total. The van der Waals surface area contributed by atoms with Crippen LogP contribution in [0.15, 0.2) is 10.3 Å². The van der Waals surface area contributed by atoms with Gasteiger partial charge in [-0.05, 0) is 38.4 Å². The molecule has 0 aliphatic carbocycles. The van der Waals surface area contributed by atoms with E-state index in [-0.39, 0.29) is 6.04 Å². The highest BCUT2D eigenvalue weighted by atomic mass is 35.5. The summed E-state index contributed by atoms with van der Waals surface area (Å²) in [6, 6.07) is 1.72. The van der Waals surface area contributed by atoms with E-state index in [1.165, 1.54) is 0 Å². The summed E-state index contributed by atoms with van der Waals surface area (Å²) >= 11 is 7.11. The van der Waals surface area contributed by atoms with E-state index in [2.05, 4.69) is 5.32 Å². The highest BCUT2D eigenvalue weighted by Gasteiger charge is 2.35. The third-order valence-corrected chi connectivity index (χ3v) is 7.12. The van der Waals surface area contributed by atoms with Crippen LogP contribution in [0.25, 0.3) is 0 Å². The molecule has 1 aliphatic heterocycles. The van der Waals surface area contributed by atoms with Gasteiger partial charge < -0.3 is 5.32 Å². The van der Waals surface area contributed by atoms with Crippen LogP contribution < -0.4 is 5.32 Å². The number of halogens is 1. The Labute approximate surface area is 117 Å². The summed E-state index contributed by atoms with van der Waals surface area (Å²) in [5, 5.41) is 3.05. The Kier molecular flexibility index (Phi) is 4.33. The number of nitrogens with zero attached hydrogens (tertiary/aromatic N) is 1. The second-order valence-electron chi connectivity index (χ2n) is 4.49. The first-order valence-corrected chi connectivity index (χ1v) is 8.52. The van der Waals surface area contributed by atoms with E-state index < -0.39 is 10.0 Å². The number of thiophene rings is 1. The van der Waals surface area contributed by atoms with Crippen molar-refractivity contribution in [2.45, 2.75) is 30.0 Å². The molecule has 1 unspecified atom stereocenters. The van der Waals surface area contributed by atoms with Crippen LogP contribution in [0.4, 0.5) is 0 Å². The number of sulfonamides is 1. The van der Waals surface area contributed by atoms with Gasteiger partial charge in [-0.2, -0.15) is 4.31 Å². The van der Waals surface area contributed by atoms with Crippen molar-refractivity contribution in [3.63, 3.8) is 0 Å². The average Bonchev–Trinajstić information content (AvgIpc) is 2.88. The molecule has 1 aromatic rings. The molecule has 0 aromatic carbocycles. The minimum atomic E-state index is -3.38. The lowest BCUT2D eigenvalue weighted by molar-refractivity contribution is 0.380. The smallest absolute Gasteiger partial charge is 0.252 e. The first-order chi connectivity index (χ1) is 8.46. The highest BCUT2D eigenvalue weighted by molar-refractivity contribution is 7.91. The zero-order valence-corrected chi connectivity index (χ0v) is 12.8. The van der Waals surface area contributed by atoms with Gasteiger partial charge in [-0.3, -0.25) is 0 Å². The van der Waals surface area contributed by atoms with Gasteiger partial charge in [0.05, 0.1) is 4.34 Å². The number of hydrogen-bond donors (Lipinski definition) is 1. The lowest BCUT2D eigenvalue weighted by Gasteiger charge is -2.22. The van der Waals surface area contributed by atoms with Gasteiger partial charge in [-0.15, -0.1) is 11.3 Å². The summed E-state index contributed by atoms with van der Waals surface area (Å²) in [4.78, 5) is 0. The predicted molar refractivity (Wildman–Crippen MR) is 74.9 cm³/mol. The third-order valence-electron chi connectivity index (χ3n) is 3.16. The van der Waals surface area contributed by atoms with Gasteiger partial charge >= 0.3 is 0 Å². The van der Waals surface area contributed by atoms with Crippen molar-refractivity contribution < 1.29 is 8.42 Å². The highest BCUT2D eigenvalue weighted by Crippen LogP contribution is 2.34. The van der Waals surface area contributed by atoms with Crippen LogP contribution in [0.1, 0.15) is 18.4 Å². The number of aryl methyl sites for hydroxylation is 1. The third kappa shape index (κ3) is 2.58. The number of hydrogen-bond acceptors (Lipinski definition) is 4. The monoisotopic (exact) mass is 308 g/mol. The molecule has 0 radical (unpaired) electrons. The maximum absolute atomic E-state index is 12.5. The normalized spacial score (nSPS) is 21.6. The number of nitrogens with one attached hydrogen (secondary N) is 1. The predicted octanol–water partition coefficient (Wildman–Crippen LogP) is 2.08. The van der Waals surface area contributed by atoms with E-state index in [9.17, 15) is 8.42 Å². The molecule has 0 saturated carbocycles. The van der Waals surface area contributed by atoms with Crippen LogP contribution in [0.2, 0.25) is 4.34 Å². The molecule has 0 amide bonds. The quantitative estimate of drug-likeness (QED) is 0.926. The Morgan fingerprint density at radius 2 is 2.33 bits per heavy atom. The zero-order valence-electron chi connectivity index (χ0n) is 10.4. The maximum Gasteiger partial charge on any atom is 0.252 e. The molecular formula is C11H17ClN2O2S2. The zero-order chi connectivity index (χ0) is 13.3. The minimum absolute atomic E-state index is 0.0566. The van der Waals surface area contributed by atoms with Crippen LogP contribution >= 0.6 is 22.9 Å². The fourth-order valence-electron chi connectivity index (χ4n) is 2.24. The van der Waals surface area contributed by atoms with E-state index >= 15 is 0 Å². The van der Waals surface area contributed by atoms with E-state index in [0.717, 1.165) is 29.7 Å². The van der Waals surface area contributed by atoms with Crippen LogP contribution in [0.5, 0.6) is 0 Å². The topological polar surface area (TPSA) is 49.4 Å². The standard InChI is InChI=1S/C11H17ClN2O2S2/c1-8-6-10(17-11(8)12)18(15,16)14-5-3-4-9(14)7-13-2/h6,9,13H,3-5,7H2,1-2H3.